The van der Waals surface area contributed by atoms with Gasteiger partial charge < -0.3 is 14.4 Å². The van der Waals surface area contributed by atoms with Gasteiger partial charge in [0, 0.05) is 23.4 Å². The molecule has 2 rings (SSSR count). The van der Waals surface area contributed by atoms with Crippen LogP contribution < -0.4 is 4.74 Å². The number of carbonyl (C=O) groups excluding carboxylic acids is 1. The summed E-state index contributed by atoms with van der Waals surface area (Å²) in [7, 11) is 1.53. The van der Waals surface area contributed by atoms with E-state index >= 15 is 0 Å². The van der Waals surface area contributed by atoms with Crippen LogP contribution >= 0.6 is 27.5 Å². The van der Waals surface area contributed by atoms with Crippen molar-refractivity contribution in [3.63, 3.8) is 0 Å². The van der Waals surface area contributed by atoms with E-state index in [4.69, 9.17) is 21.1 Å². The highest BCUT2D eigenvalue weighted by Gasteiger charge is 2.36. The summed E-state index contributed by atoms with van der Waals surface area (Å²) in [4.78, 5) is 14.6. The molecular formula is C15H19BrClNO3. The third-order valence-electron chi connectivity index (χ3n) is 3.33. The van der Waals surface area contributed by atoms with E-state index in [2.05, 4.69) is 15.9 Å². The summed E-state index contributed by atoms with van der Waals surface area (Å²) in [5.41, 5.74) is 0.152. The minimum absolute atomic E-state index is 0.0176. The van der Waals surface area contributed by atoms with Gasteiger partial charge in [-0.1, -0.05) is 27.5 Å². The number of methoxy groups -OCH3 is 1. The van der Waals surface area contributed by atoms with E-state index < -0.39 is 0 Å². The van der Waals surface area contributed by atoms with Gasteiger partial charge in [-0.3, -0.25) is 4.79 Å². The van der Waals surface area contributed by atoms with Crippen LogP contribution in [0, 0.1) is 0 Å². The van der Waals surface area contributed by atoms with E-state index in [0.29, 0.717) is 34.8 Å². The molecule has 0 aromatic heterocycles. The van der Waals surface area contributed by atoms with Crippen LogP contribution in [0.15, 0.2) is 18.2 Å². The zero-order valence-electron chi connectivity index (χ0n) is 12.4. The smallest absolute Gasteiger partial charge is 0.257 e. The first-order valence-electron chi connectivity index (χ1n) is 6.73. The molecule has 21 heavy (non-hydrogen) atoms. The topological polar surface area (TPSA) is 38.8 Å². The van der Waals surface area contributed by atoms with Crippen LogP contribution in [0.4, 0.5) is 0 Å². The molecule has 0 N–H and O–H groups in total. The number of rotatable bonds is 3. The van der Waals surface area contributed by atoms with Gasteiger partial charge in [-0.05, 0) is 32.0 Å². The first kappa shape index (κ1) is 16.6. The molecule has 1 unspecified atom stereocenters. The second-order valence-electron chi connectivity index (χ2n) is 5.68. The van der Waals surface area contributed by atoms with Crippen molar-refractivity contribution >= 4 is 33.4 Å². The highest BCUT2D eigenvalue weighted by molar-refractivity contribution is 9.09. The van der Waals surface area contributed by atoms with Crippen molar-refractivity contribution in [3.05, 3.63) is 28.8 Å². The van der Waals surface area contributed by atoms with Gasteiger partial charge >= 0.3 is 0 Å². The van der Waals surface area contributed by atoms with E-state index in [0.717, 1.165) is 0 Å². The summed E-state index contributed by atoms with van der Waals surface area (Å²) in [6.07, 6.45) is -0.0176. The Morgan fingerprint density at radius 2 is 2.29 bits per heavy atom. The normalized spacial score (nSPS) is 21.2. The first-order valence-corrected chi connectivity index (χ1v) is 8.23. The molecule has 4 nitrogen and oxygen atoms in total. The van der Waals surface area contributed by atoms with Gasteiger partial charge in [-0.15, -0.1) is 0 Å². The largest absolute Gasteiger partial charge is 0.496 e. The fraction of sp³-hybridized carbons (Fsp3) is 0.533. The number of benzene rings is 1. The SMILES string of the molecule is COc1cc(Cl)ccc1C(=O)N1CC(CBr)OC(C)(C)C1. The Labute approximate surface area is 138 Å². The minimum Gasteiger partial charge on any atom is -0.496 e. The summed E-state index contributed by atoms with van der Waals surface area (Å²) in [5, 5.41) is 1.24. The molecule has 1 fully saturated rings. The standard InChI is InChI=1S/C15H19BrClNO3/c1-15(2)9-18(8-11(7-16)21-15)14(19)12-5-4-10(17)6-13(12)20-3/h4-6,11H,7-9H2,1-3H3. The number of ether oxygens (including phenoxy) is 2. The number of amides is 1. The van der Waals surface area contributed by atoms with Crippen LogP contribution in [0.3, 0.4) is 0 Å². The Balaban J connectivity index is 2.27. The van der Waals surface area contributed by atoms with Gasteiger partial charge in [-0.2, -0.15) is 0 Å². The predicted molar refractivity (Wildman–Crippen MR) is 86.7 cm³/mol. The second-order valence-corrected chi connectivity index (χ2v) is 6.77. The summed E-state index contributed by atoms with van der Waals surface area (Å²) in [6.45, 7) is 5.07. The Bertz CT molecular complexity index is 536. The van der Waals surface area contributed by atoms with E-state index in [1.54, 1.807) is 23.1 Å². The number of carbonyl (C=O) groups is 1. The van der Waals surface area contributed by atoms with E-state index in [1.165, 1.54) is 7.11 Å². The van der Waals surface area contributed by atoms with Gasteiger partial charge in [0.05, 0.1) is 24.4 Å². The second kappa shape index (κ2) is 6.55. The number of hydrogen-bond donors (Lipinski definition) is 0. The molecule has 1 aromatic rings. The molecular weight excluding hydrogens is 358 g/mol. The zero-order chi connectivity index (χ0) is 15.6. The lowest BCUT2D eigenvalue weighted by Gasteiger charge is -2.42. The quantitative estimate of drug-likeness (QED) is 0.759. The number of hydrogen-bond acceptors (Lipinski definition) is 3. The lowest BCUT2D eigenvalue weighted by molar-refractivity contribution is -0.116. The third kappa shape index (κ3) is 3.90. The number of alkyl halides is 1. The molecule has 0 spiro atoms. The highest BCUT2D eigenvalue weighted by atomic mass is 79.9. The molecule has 1 atom stereocenters. The van der Waals surface area contributed by atoms with Crippen LogP contribution in [0.1, 0.15) is 24.2 Å². The van der Waals surface area contributed by atoms with Crippen LogP contribution in [-0.4, -0.2) is 48.0 Å². The first-order chi connectivity index (χ1) is 9.86. The van der Waals surface area contributed by atoms with Gasteiger partial charge in [0.15, 0.2) is 0 Å². The van der Waals surface area contributed by atoms with Crippen molar-refractivity contribution in [1.82, 2.24) is 4.90 Å². The lowest BCUT2D eigenvalue weighted by Crippen LogP contribution is -2.55. The average molecular weight is 377 g/mol. The van der Waals surface area contributed by atoms with Crippen molar-refractivity contribution in [1.29, 1.82) is 0 Å². The zero-order valence-corrected chi connectivity index (χ0v) is 14.7. The maximum Gasteiger partial charge on any atom is 0.257 e. The van der Waals surface area contributed by atoms with Crippen molar-refractivity contribution < 1.29 is 14.3 Å². The van der Waals surface area contributed by atoms with Crippen LogP contribution in [-0.2, 0) is 4.74 Å². The van der Waals surface area contributed by atoms with Crippen LogP contribution in [0.25, 0.3) is 0 Å². The molecule has 0 aliphatic carbocycles. The Morgan fingerprint density at radius 1 is 1.57 bits per heavy atom. The maximum atomic E-state index is 12.8. The predicted octanol–water partition coefficient (Wildman–Crippen LogP) is 3.36. The molecule has 1 amide bonds. The monoisotopic (exact) mass is 375 g/mol. The van der Waals surface area contributed by atoms with Crippen molar-refractivity contribution in [2.75, 3.05) is 25.5 Å². The molecule has 0 saturated carbocycles. The number of nitrogens with zero attached hydrogens (tertiary/aromatic N) is 1. The van der Waals surface area contributed by atoms with Gasteiger partial charge in [0.2, 0.25) is 0 Å². The van der Waals surface area contributed by atoms with Crippen LogP contribution in [0.2, 0.25) is 5.02 Å². The summed E-state index contributed by atoms with van der Waals surface area (Å²) >= 11 is 9.37. The minimum atomic E-state index is -0.369. The van der Waals surface area contributed by atoms with E-state index in [-0.39, 0.29) is 17.6 Å². The fourth-order valence-electron chi connectivity index (χ4n) is 2.54. The van der Waals surface area contributed by atoms with Gasteiger partial charge in [0.1, 0.15) is 5.75 Å². The van der Waals surface area contributed by atoms with E-state index in [9.17, 15) is 4.79 Å². The Kier molecular flexibility index (Phi) is 5.17. The molecule has 1 aliphatic heterocycles. The van der Waals surface area contributed by atoms with Crippen molar-refractivity contribution in [2.45, 2.75) is 25.6 Å². The molecule has 0 bridgehead atoms. The van der Waals surface area contributed by atoms with Crippen molar-refractivity contribution in [2.24, 2.45) is 0 Å². The summed E-state index contributed by atoms with van der Waals surface area (Å²) in [6, 6.07) is 5.06. The molecule has 1 aliphatic rings. The molecule has 6 heteroatoms. The van der Waals surface area contributed by atoms with Gasteiger partial charge in [-0.25, -0.2) is 0 Å². The summed E-state index contributed by atoms with van der Waals surface area (Å²) in [5.74, 6) is 0.429. The fourth-order valence-corrected chi connectivity index (χ4v) is 3.04. The van der Waals surface area contributed by atoms with E-state index in [1.807, 2.05) is 13.8 Å². The Morgan fingerprint density at radius 3 is 2.90 bits per heavy atom. The highest BCUT2D eigenvalue weighted by Crippen LogP contribution is 2.28. The molecule has 0 radical (unpaired) electrons. The maximum absolute atomic E-state index is 12.8. The Hall–Kier alpha value is -0.780. The lowest BCUT2D eigenvalue weighted by atomic mass is 10.0. The number of halogens is 2. The van der Waals surface area contributed by atoms with Crippen LogP contribution in [0.5, 0.6) is 5.75 Å². The number of morpholine rings is 1. The summed E-state index contributed by atoms with van der Waals surface area (Å²) < 4.78 is 11.2. The van der Waals surface area contributed by atoms with Gasteiger partial charge in [0.25, 0.3) is 5.91 Å². The third-order valence-corrected chi connectivity index (χ3v) is 4.29. The molecule has 1 heterocycles. The average Bonchev–Trinajstić information content (AvgIpc) is 2.44. The molecule has 1 aromatic carbocycles. The molecule has 116 valence electrons. The van der Waals surface area contributed by atoms with Crippen molar-refractivity contribution in [3.8, 4) is 5.75 Å². The molecule has 1 saturated heterocycles.